The first kappa shape index (κ1) is 8.50. The maximum atomic E-state index is 8.19. The van der Waals surface area contributed by atoms with Gasteiger partial charge < -0.3 is 5.32 Å². The standard InChI is InChI=1S/C8H7N3S/c1-2-7-6-11-8(12-7)10-5-3-4-9/h2-3,5-6H,1H2,(H,10,11)/b5-3+. The minimum absolute atomic E-state index is 0.761. The summed E-state index contributed by atoms with van der Waals surface area (Å²) < 4.78 is 0. The van der Waals surface area contributed by atoms with Crippen molar-refractivity contribution in [1.29, 1.82) is 5.26 Å². The predicted octanol–water partition coefficient (Wildman–Crippen LogP) is 2.24. The highest BCUT2D eigenvalue weighted by molar-refractivity contribution is 7.16. The second kappa shape index (κ2) is 4.31. The maximum Gasteiger partial charge on any atom is 0.187 e. The molecule has 0 saturated carbocycles. The molecule has 0 atom stereocenters. The van der Waals surface area contributed by atoms with Gasteiger partial charge >= 0.3 is 0 Å². The van der Waals surface area contributed by atoms with Gasteiger partial charge in [0.1, 0.15) is 0 Å². The first-order chi connectivity index (χ1) is 5.86. The lowest BCUT2D eigenvalue weighted by molar-refractivity contribution is 1.39. The van der Waals surface area contributed by atoms with Crippen LogP contribution in [0.1, 0.15) is 4.88 Å². The summed E-state index contributed by atoms with van der Waals surface area (Å²) in [6.45, 7) is 3.61. The van der Waals surface area contributed by atoms with Gasteiger partial charge in [-0.3, -0.25) is 0 Å². The zero-order valence-electron chi connectivity index (χ0n) is 6.32. The molecule has 1 N–H and O–H groups in total. The van der Waals surface area contributed by atoms with Gasteiger partial charge in [-0.1, -0.05) is 24.0 Å². The molecule has 0 aromatic carbocycles. The van der Waals surface area contributed by atoms with Crippen molar-refractivity contribution in [2.75, 3.05) is 5.32 Å². The number of nitriles is 1. The van der Waals surface area contributed by atoms with Crippen LogP contribution < -0.4 is 5.32 Å². The Hall–Kier alpha value is -1.60. The van der Waals surface area contributed by atoms with Crippen molar-refractivity contribution in [3.63, 3.8) is 0 Å². The van der Waals surface area contributed by atoms with Gasteiger partial charge in [0.2, 0.25) is 0 Å². The Morgan fingerprint density at radius 3 is 3.17 bits per heavy atom. The van der Waals surface area contributed by atoms with Crippen LogP contribution in [0, 0.1) is 11.3 Å². The largest absolute Gasteiger partial charge is 0.337 e. The number of hydrogen-bond acceptors (Lipinski definition) is 4. The molecule has 0 amide bonds. The van der Waals surface area contributed by atoms with Crippen molar-refractivity contribution in [3.05, 3.63) is 29.9 Å². The van der Waals surface area contributed by atoms with Crippen LogP contribution in [0.4, 0.5) is 5.13 Å². The zero-order chi connectivity index (χ0) is 8.81. The minimum atomic E-state index is 0.761. The normalized spacial score (nSPS) is 9.58. The highest BCUT2D eigenvalue weighted by Crippen LogP contribution is 2.18. The lowest BCUT2D eigenvalue weighted by atomic mass is 10.6. The number of hydrogen-bond donors (Lipinski definition) is 1. The topological polar surface area (TPSA) is 48.7 Å². The molecule has 1 aromatic rings. The van der Waals surface area contributed by atoms with Gasteiger partial charge in [-0.05, 0) is 0 Å². The van der Waals surface area contributed by atoms with E-state index in [1.807, 2.05) is 6.07 Å². The van der Waals surface area contributed by atoms with E-state index in [2.05, 4.69) is 16.9 Å². The van der Waals surface area contributed by atoms with Gasteiger partial charge in [0.15, 0.2) is 5.13 Å². The van der Waals surface area contributed by atoms with Gasteiger partial charge in [0.25, 0.3) is 0 Å². The first-order valence-electron chi connectivity index (χ1n) is 3.26. The monoisotopic (exact) mass is 177 g/mol. The molecule has 1 aromatic heterocycles. The van der Waals surface area contributed by atoms with Crippen LogP contribution in [0.3, 0.4) is 0 Å². The highest BCUT2D eigenvalue weighted by atomic mass is 32.1. The summed E-state index contributed by atoms with van der Waals surface area (Å²) in [5.74, 6) is 0. The van der Waals surface area contributed by atoms with E-state index in [0.717, 1.165) is 10.0 Å². The molecule has 0 aliphatic rings. The SMILES string of the molecule is C=Cc1cnc(N/C=C/C#N)s1. The summed E-state index contributed by atoms with van der Waals surface area (Å²) in [6.07, 6.45) is 6.36. The molecule has 1 heterocycles. The van der Waals surface area contributed by atoms with E-state index in [9.17, 15) is 0 Å². The predicted molar refractivity (Wildman–Crippen MR) is 50.6 cm³/mol. The van der Waals surface area contributed by atoms with Crippen molar-refractivity contribution in [1.82, 2.24) is 4.98 Å². The second-order valence-corrected chi connectivity index (χ2v) is 2.94. The zero-order valence-corrected chi connectivity index (χ0v) is 7.14. The number of aromatic nitrogens is 1. The molecule has 1 rings (SSSR count). The van der Waals surface area contributed by atoms with Crippen LogP contribution in [0.5, 0.6) is 0 Å². The molecule has 60 valence electrons. The van der Waals surface area contributed by atoms with Gasteiger partial charge in [-0.25, -0.2) is 4.98 Å². The summed E-state index contributed by atoms with van der Waals surface area (Å²) in [4.78, 5) is 5.04. The Labute approximate surface area is 74.7 Å². The van der Waals surface area contributed by atoms with Crippen molar-refractivity contribution in [3.8, 4) is 6.07 Å². The second-order valence-electron chi connectivity index (χ2n) is 1.88. The van der Waals surface area contributed by atoms with Crippen LogP contribution in [-0.2, 0) is 0 Å². The van der Waals surface area contributed by atoms with E-state index in [0.29, 0.717) is 0 Å². The van der Waals surface area contributed by atoms with Crippen LogP contribution in [-0.4, -0.2) is 4.98 Å². The number of thiazole rings is 1. The van der Waals surface area contributed by atoms with E-state index in [1.165, 1.54) is 17.4 Å². The fraction of sp³-hybridized carbons (Fsp3) is 0. The lowest BCUT2D eigenvalue weighted by Crippen LogP contribution is -1.83. The van der Waals surface area contributed by atoms with Crippen LogP contribution in [0.15, 0.2) is 25.1 Å². The van der Waals surface area contributed by atoms with E-state index < -0.39 is 0 Å². The highest BCUT2D eigenvalue weighted by Gasteiger charge is 1.94. The molecule has 0 fully saturated rings. The molecular weight excluding hydrogens is 170 g/mol. The number of rotatable bonds is 3. The number of allylic oxidation sites excluding steroid dienone is 1. The third-order valence-electron chi connectivity index (χ3n) is 1.09. The maximum absolute atomic E-state index is 8.19. The van der Waals surface area contributed by atoms with Crippen LogP contribution >= 0.6 is 11.3 Å². The van der Waals surface area contributed by atoms with Crippen LogP contribution in [0.25, 0.3) is 6.08 Å². The summed E-state index contributed by atoms with van der Waals surface area (Å²) >= 11 is 1.48. The van der Waals surface area contributed by atoms with Gasteiger partial charge in [-0.2, -0.15) is 5.26 Å². The van der Waals surface area contributed by atoms with E-state index in [1.54, 1.807) is 18.5 Å². The minimum Gasteiger partial charge on any atom is -0.337 e. The fourth-order valence-electron chi connectivity index (χ4n) is 0.598. The van der Waals surface area contributed by atoms with Gasteiger partial charge in [0.05, 0.1) is 6.07 Å². The molecular formula is C8H7N3S. The molecule has 0 radical (unpaired) electrons. The van der Waals surface area contributed by atoms with Crippen molar-refractivity contribution >= 4 is 22.5 Å². The van der Waals surface area contributed by atoms with E-state index >= 15 is 0 Å². The third kappa shape index (κ3) is 2.22. The fourth-order valence-corrected chi connectivity index (χ4v) is 1.24. The molecule has 0 saturated heterocycles. The van der Waals surface area contributed by atoms with Crippen molar-refractivity contribution in [2.24, 2.45) is 0 Å². The average Bonchev–Trinajstić information content (AvgIpc) is 2.53. The van der Waals surface area contributed by atoms with Crippen molar-refractivity contribution in [2.45, 2.75) is 0 Å². The Morgan fingerprint density at radius 1 is 1.75 bits per heavy atom. The lowest BCUT2D eigenvalue weighted by Gasteiger charge is -1.88. The Morgan fingerprint density at radius 2 is 2.58 bits per heavy atom. The quantitative estimate of drug-likeness (QED) is 0.720. The summed E-state index contributed by atoms with van der Waals surface area (Å²) in [5.41, 5.74) is 0. The van der Waals surface area contributed by atoms with Crippen molar-refractivity contribution < 1.29 is 0 Å². The molecule has 4 heteroatoms. The third-order valence-corrected chi connectivity index (χ3v) is 2.01. The van der Waals surface area contributed by atoms with Gasteiger partial charge in [0, 0.05) is 23.3 Å². The summed E-state index contributed by atoms with van der Waals surface area (Å²) in [6, 6.07) is 1.87. The first-order valence-corrected chi connectivity index (χ1v) is 4.08. The Bertz CT molecular complexity index is 332. The number of nitrogens with zero attached hydrogens (tertiary/aromatic N) is 2. The van der Waals surface area contributed by atoms with E-state index in [-0.39, 0.29) is 0 Å². The molecule has 0 aliphatic carbocycles. The Kier molecular flexibility index (Phi) is 3.05. The summed E-state index contributed by atoms with van der Waals surface area (Å²) in [7, 11) is 0. The average molecular weight is 177 g/mol. The van der Waals surface area contributed by atoms with Gasteiger partial charge in [-0.15, -0.1) is 0 Å². The summed E-state index contributed by atoms with van der Waals surface area (Å²) in [5, 5.41) is 11.8. The molecule has 0 aliphatic heterocycles. The smallest absolute Gasteiger partial charge is 0.187 e. The number of nitrogens with one attached hydrogen (secondary N) is 1. The van der Waals surface area contributed by atoms with Crippen LogP contribution in [0.2, 0.25) is 0 Å². The molecule has 0 spiro atoms. The molecule has 0 unspecified atom stereocenters. The number of anilines is 1. The van der Waals surface area contributed by atoms with E-state index in [4.69, 9.17) is 5.26 Å². The molecule has 3 nitrogen and oxygen atoms in total. The molecule has 0 bridgehead atoms. The Balaban J connectivity index is 2.59. The molecule has 12 heavy (non-hydrogen) atoms.